The van der Waals surface area contributed by atoms with Crippen molar-refractivity contribution in [3.8, 4) is 0 Å². The molecule has 1 aromatic carbocycles. The Labute approximate surface area is 115 Å². The molecule has 17 heavy (non-hydrogen) atoms. The summed E-state index contributed by atoms with van der Waals surface area (Å²) in [6.45, 7) is 5.43. The maximum atomic E-state index is 13.0. The Bertz CT molecular complexity index is 386. The fourth-order valence-electron chi connectivity index (χ4n) is 2.06. The van der Waals surface area contributed by atoms with Crippen molar-refractivity contribution in [1.82, 2.24) is 4.90 Å². The average molecular weight is 318 g/mol. The Morgan fingerprint density at radius 2 is 2.35 bits per heavy atom. The summed E-state index contributed by atoms with van der Waals surface area (Å²) in [5, 5.41) is 0.753. The third kappa shape index (κ3) is 3.70. The number of benzene rings is 1. The van der Waals surface area contributed by atoms with Crippen LogP contribution < -0.4 is 0 Å². The zero-order valence-electron chi connectivity index (χ0n) is 9.96. The maximum absolute atomic E-state index is 13.0. The topological polar surface area (TPSA) is 3.24 Å². The van der Waals surface area contributed by atoms with Crippen LogP contribution >= 0.6 is 27.7 Å². The molecule has 1 saturated heterocycles. The van der Waals surface area contributed by atoms with Crippen LogP contribution in [0.2, 0.25) is 0 Å². The molecule has 0 spiro atoms. The van der Waals surface area contributed by atoms with Gasteiger partial charge < -0.3 is 0 Å². The summed E-state index contributed by atoms with van der Waals surface area (Å²) in [7, 11) is 0. The number of halogens is 2. The minimum absolute atomic E-state index is 0.179. The third-order valence-corrected chi connectivity index (χ3v) is 5.20. The highest BCUT2D eigenvalue weighted by molar-refractivity contribution is 9.10. The van der Waals surface area contributed by atoms with Gasteiger partial charge in [-0.05, 0) is 24.1 Å². The highest BCUT2D eigenvalue weighted by atomic mass is 79.9. The van der Waals surface area contributed by atoms with Crippen LogP contribution in [-0.2, 0) is 6.54 Å². The number of rotatable bonds is 3. The third-order valence-electron chi connectivity index (χ3n) is 3.09. The summed E-state index contributed by atoms with van der Waals surface area (Å²) < 4.78 is 13.9. The van der Waals surface area contributed by atoms with E-state index in [1.165, 1.54) is 23.8 Å². The Morgan fingerprint density at radius 3 is 3.06 bits per heavy atom. The molecular formula is C13H17BrFNS. The van der Waals surface area contributed by atoms with E-state index in [0.717, 1.165) is 29.4 Å². The molecule has 1 nitrogen and oxygen atoms in total. The standard InChI is InChI=1S/C13H17BrFNS/c1-2-12-9-16(5-6-17-12)8-10-3-4-11(15)7-13(10)14/h3-4,7,12H,2,5-6,8-9H2,1H3. The first kappa shape index (κ1) is 13.4. The van der Waals surface area contributed by atoms with E-state index in [0.29, 0.717) is 0 Å². The average Bonchev–Trinajstić information content (AvgIpc) is 2.33. The van der Waals surface area contributed by atoms with E-state index in [9.17, 15) is 4.39 Å². The second-order valence-corrected chi connectivity index (χ2v) is 6.63. The lowest BCUT2D eigenvalue weighted by Crippen LogP contribution is -2.37. The van der Waals surface area contributed by atoms with Crippen LogP contribution in [0.3, 0.4) is 0 Å². The molecule has 1 fully saturated rings. The first-order chi connectivity index (χ1) is 8.19. The Morgan fingerprint density at radius 1 is 1.53 bits per heavy atom. The Balaban J connectivity index is 2.00. The zero-order chi connectivity index (χ0) is 12.3. The van der Waals surface area contributed by atoms with E-state index in [-0.39, 0.29) is 5.82 Å². The molecule has 0 N–H and O–H groups in total. The highest BCUT2D eigenvalue weighted by Gasteiger charge is 2.19. The molecule has 1 heterocycles. The smallest absolute Gasteiger partial charge is 0.124 e. The normalized spacial score (nSPS) is 21.7. The lowest BCUT2D eigenvalue weighted by molar-refractivity contribution is 0.272. The minimum atomic E-state index is -0.179. The van der Waals surface area contributed by atoms with E-state index in [1.54, 1.807) is 6.07 Å². The van der Waals surface area contributed by atoms with Crippen molar-refractivity contribution in [2.45, 2.75) is 25.1 Å². The summed E-state index contributed by atoms with van der Waals surface area (Å²) in [5.41, 5.74) is 1.17. The molecule has 1 aliphatic rings. The van der Waals surface area contributed by atoms with Crippen molar-refractivity contribution in [3.05, 3.63) is 34.1 Å². The van der Waals surface area contributed by atoms with Gasteiger partial charge in [0, 0.05) is 35.1 Å². The number of hydrogen-bond donors (Lipinski definition) is 0. The molecule has 1 unspecified atom stereocenters. The number of hydrogen-bond acceptors (Lipinski definition) is 2. The van der Waals surface area contributed by atoms with Crippen LogP contribution in [0.4, 0.5) is 4.39 Å². The lowest BCUT2D eigenvalue weighted by atomic mass is 10.2. The van der Waals surface area contributed by atoms with Gasteiger partial charge in [-0.3, -0.25) is 4.90 Å². The Hall–Kier alpha value is -0.0600. The summed E-state index contributed by atoms with van der Waals surface area (Å²) in [5.74, 6) is 1.03. The van der Waals surface area contributed by atoms with Crippen molar-refractivity contribution >= 4 is 27.7 Å². The molecule has 0 bridgehead atoms. The molecular weight excluding hydrogens is 301 g/mol. The van der Waals surface area contributed by atoms with Crippen LogP contribution in [0.15, 0.2) is 22.7 Å². The predicted octanol–water partition coefficient (Wildman–Crippen LogP) is 3.92. The molecule has 2 rings (SSSR count). The van der Waals surface area contributed by atoms with Crippen molar-refractivity contribution in [3.63, 3.8) is 0 Å². The summed E-state index contributed by atoms with van der Waals surface area (Å²) in [6.07, 6.45) is 1.23. The minimum Gasteiger partial charge on any atom is -0.297 e. The van der Waals surface area contributed by atoms with E-state index < -0.39 is 0 Å². The molecule has 0 aliphatic carbocycles. The molecule has 0 amide bonds. The van der Waals surface area contributed by atoms with Crippen LogP contribution in [0.25, 0.3) is 0 Å². The van der Waals surface area contributed by atoms with E-state index in [1.807, 2.05) is 6.07 Å². The van der Waals surface area contributed by atoms with Gasteiger partial charge in [-0.1, -0.05) is 28.9 Å². The first-order valence-electron chi connectivity index (χ1n) is 5.97. The van der Waals surface area contributed by atoms with Gasteiger partial charge in [0.05, 0.1) is 0 Å². The van der Waals surface area contributed by atoms with Gasteiger partial charge in [-0.25, -0.2) is 4.39 Å². The molecule has 94 valence electrons. The quantitative estimate of drug-likeness (QED) is 0.831. The first-order valence-corrected chi connectivity index (χ1v) is 7.81. The largest absolute Gasteiger partial charge is 0.297 e. The number of thioether (sulfide) groups is 1. The van der Waals surface area contributed by atoms with Gasteiger partial charge in [-0.2, -0.15) is 11.8 Å². The second-order valence-electron chi connectivity index (χ2n) is 4.37. The summed E-state index contributed by atoms with van der Waals surface area (Å²) in [6, 6.07) is 4.96. The maximum Gasteiger partial charge on any atom is 0.124 e. The van der Waals surface area contributed by atoms with Crippen molar-refractivity contribution in [2.24, 2.45) is 0 Å². The van der Waals surface area contributed by atoms with Crippen molar-refractivity contribution in [2.75, 3.05) is 18.8 Å². The second kappa shape index (κ2) is 6.21. The molecule has 1 aromatic rings. The van der Waals surface area contributed by atoms with Gasteiger partial charge in [0.2, 0.25) is 0 Å². The fourth-order valence-corrected chi connectivity index (χ4v) is 3.79. The predicted molar refractivity (Wildman–Crippen MR) is 75.9 cm³/mol. The molecule has 0 aromatic heterocycles. The van der Waals surface area contributed by atoms with E-state index in [4.69, 9.17) is 0 Å². The van der Waals surface area contributed by atoms with E-state index in [2.05, 4.69) is 39.5 Å². The summed E-state index contributed by atoms with van der Waals surface area (Å²) >= 11 is 5.50. The molecule has 1 atom stereocenters. The van der Waals surface area contributed by atoms with Gasteiger partial charge >= 0.3 is 0 Å². The zero-order valence-corrected chi connectivity index (χ0v) is 12.4. The highest BCUT2D eigenvalue weighted by Crippen LogP contribution is 2.25. The lowest BCUT2D eigenvalue weighted by Gasteiger charge is -2.32. The fraction of sp³-hybridized carbons (Fsp3) is 0.538. The van der Waals surface area contributed by atoms with Crippen LogP contribution in [0.5, 0.6) is 0 Å². The van der Waals surface area contributed by atoms with Gasteiger partial charge in [0.15, 0.2) is 0 Å². The van der Waals surface area contributed by atoms with Crippen LogP contribution in [-0.4, -0.2) is 29.0 Å². The number of nitrogens with zero attached hydrogens (tertiary/aromatic N) is 1. The van der Waals surface area contributed by atoms with Crippen LogP contribution in [0, 0.1) is 5.82 Å². The van der Waals surface area contributed by atoms with E-state index >= 15 is 0 Å². The molecule has 4 heteroatoms. The van der Waals surface area contributed by atoms with Gasteiger partial charge in [0.1, 0.15) is 5.82 Å². The monoisotopic (exact) mass is 317 g/mol. The van der Waals surface area contributed by atoms with Crippen molar-refractivity contribution < 1.29 is 4.39 Å². The van der Waals surface area contributed by atoms with Gasteiger partial charge in [0.25, 0.3) is 0 Å². The summed E-state index contributed by atoms with van der Waals surface area (Å²) in [4.78, 5) is 2.46. The molecule has 0 radical (unpaired) electrons. The van der Waals surface area contributed by atoms with Crippen molar-refractivity contribution in [1.29, 1.82) is 0 Å². The van der Waals surface area contributed by atoms with Gasteiger partial charge in [-0.15, -0.1) is 0 Å². The molecule has 1 aliphatic heterocycles. The SMILES string of the molecule is CCC1CN(Cc2ccc(F)cc2Br)CCS1. The Kier molecular flexibility index (Phi) is 4.88. The molecule has 0 saturated carbocycles. The van der Waals surface area contributed by atoms with Crippen LogP contribution in [0.1, 0.15) is 18.9 Å².